The van der Waals surface area contributed by atoms with Crippen LogP contribution in [0, 0.1) is 0 Å². The van der Waals surface area contributed by atoms with E-state index in [9.17, 15) is 4.79 Å². The third kappa shape index (κ3) is 2.87. The van der Waals surface area contributed by atoms with Crippen LogP contribution in [0.3, 0.4) is 0 Å². The number of ether oxygens (including phenoxy) is 2. The summed E-state index contributed by atoms with van der Waals surface area (Å²) in [5.41, 5.74) is 0.699. The maximum Gasteiger partial charge on any atom is 0.321 e. The number of aromatic nitrogens is 2. The van der Waals surface area contributed by atoms with E-state index in [0.717, 1.165) is 18.9 Å². The lowest BCUT2D eigenvalue weighted by Gasteiger charge is -2.34. The van der Waals surface area contributed by atoms with Gasteiger partial charge >= 0.3 is 6.03 Å². The SMILES string of the molecule is O=C(Nc1ccc2c(c1)OCO2)N1CCN(c2cnsn2)CC1. The maximum absolute atomic E-state index is 12.4. The second kappa shape index (κ2) is 5.92. The molecule has 0 unspecified atom stereocenters. The van der Waals surface area contributed by atoms with Gasteiger partial charge in [-0.05, 0) is 12.1 Å². The highest BCUT2D eigenvalue weighted by Gasteiger charge is 2.23. The van der Waals surface area contributed by atoms with E-state index in [4.69, 9.17) is 9.47 Å². The summed E-state index contributed by atoms with van der Waals surface area (Å²) in [5, 5.41) is 2.90. The zero-order chi connectivity index (χ0) is 15.6. The van der Waals surface area contributed by atoms with Crippen LogP contribution in [-0.2, 0) is 0 Å². The van der Waals surface area contributed by atoms with Crippen molar-refractivity contribution in [2.45, 2.75) is 0 Å². The molecule has 0 bridgehead atoms. The van der Waals surface area contributed by atoms with Crippen LogP contribution in [0.4, 0.5) is 16.3 Å². The number of amides is 2. The van der Waals surface area contributed by atoms with Crippen molar-refractivity contribution in [2.75, 3.05) is 43.2 Å². The van der Waals surface area contributed by atoms with Gasteiger partial charge in [-0.15, -0.1) is 0 Å². The summed E-state index contributed by atoms with van der Waals surface area (Å²) < 4.78 is 18.8. The van der Waals surface area contributed by atoms with E-state index < -0.39 is 0 Å². The topological polar surface area (TPSA) is 79.8 Å². The standard InChI is InChI=1S/C14H15N5O3S/c20-14(16-10-1-2-11-12(7-10)22-9-21-11)19-5-3-18(4-6-19)13-8-15-23-17-13/h1-2,7-8H,3-6,9H2,(H,16,20). The lowest BCUT2D eigenvalue weighted by atomic mass is 10.2. The Morgan fingerprint density at radius 2 is 2.00 bits per heavy atom. The normalized spacial score (nSPS) is 16.5. The summed E-state index contributed by atoms with van der Waals surface area (Å²) in [6, 6.07) is 5.27. The monoisotopic (exact) mass is 333 g/mol. The number of urea groups is 1. The highest BCUT2D eigenvalue weighted by atomic mass is 32.1. The molecule has 1 fully saturated rings. The molecule has 1 saturated heterocycles. The second-order valence-electron chi connectivity index (χ2n) is 5.24. The molecular formula is C14H15N5O3S. The second-order valence-corrected chi connectivity index (χ2v) is 5.79. The fraction of sp³-hybridized carbons (Fsp3) is 0.357. The third-order valence-corrected chi connectivity index (χ3v) is 4.33. The number of piperazine rings is 1. The van der Waals surface area contributed by atoms with Crippen LogP contribution >= 0.6 is 11.7 Å². The molecule has 2 aliphatic rings. The summed E-state index contributed by atoms with van der Waals surface area (Å²) in [6.45, 7) is 3.02. The van der Waals surface area contributed by atoms with E-state index in [1.807, 2.05) is 6.07 Å². The first-order chi connectivity index (χ1) is 11.3. The molecule has 23 heavy (non-hydrogen) atoms. The summed E-state index contributed by atoms with van der Waals surface area (Å²) in [5.74, 6) is 2.24. The Morgan fingerprint density at radius 3 is 2.78 bits per heavy atom. The number of nitrogens with one attached hydrogen (secondary N) is 1. The largest absolute Gasteiger partial charge is 0.454 e. The van der Waals surface area contributed by atoms with E-state index in [0.29, 0.717) is 30.3 Å². The summed E-state index contributed by atoms with van der Waals surface area (Å²) in [7, 11) is 0. The van der Waals surface area contributed by atoms with Crippen LogP contribution in [-0.4, -0.2) is 52.7 Å². The lowest BCUT2D eigenvalue weighted by Crippen LogP contribution is -2.50. The van der Waals surface area contributed by atoms with Crippen LogP contribution in [0.1, 0.15) is 0 Å². The molecule has 2 aliphatic heterocycles. The quantitative estimate of drug-likeness (QED) is 0.900. The number of fused-ring (bicyclic) bond motifs is 1. The van der Waals surface area contributed by atoms with Crippen molar-refractivity contribution < 1.29 is 14.3 Å². The zero-order valence-electron chi connectivity index (χ0n) is 12.3. The van der Waals surface area contributed by atoms with Crippen LogP contribution in [0.2, 0.25) is 0 Å². The molecule has 4 rings (SSSR count). The Morgan fingerprint density at radius 1 is 1.17 bits per heavy atom. The summed E-state index contributed by atoms with van der Waals surface area (Å²) in [6.07, 6.45) is 1.76. The van der Waals surface area contributed by atoms with Crippen molar-refractivity contribution in [3.05, 3.63) is 24.4 Å². The predicted octanol–water partition coefficient (Wildman–Crippen LogP) is 1.62. The molecule has 0 radical (unpaired) electrons. The van der Waals surface area contributed by atoms with Gasteiger partial charge in [0.2, 0.25) is 6.79 Å². The van der Waals surface area contributed by atoms with Gasteiger partial charge in [-0.25, -0.2) is 4.79 Å². The maximum atomic E-state index is 12.4. The Bertz CT molecular complexity index is 700. The molecule has 2 amide bonds. The number of rotatable bonds is 2. The van der Waals surface area contributed by atoms with Crippen LogP contribution in [0.25, 0.3) is 0 Å². The number of carbonyl (C=O) groups is 1. The minimum absolute atomic E-state index is 0.111. The van der Waals surface area contributed by atoms with Gasteiger partial charge in [-0.2, -0.15) is 8.75 Å². The molecule has 1 N–H and O–H groups in total. The molecule has 8 nitrogen and oxygen atoms in total. The van der Waals surface area contributed by atoms with Crippen molar-refractivity contribution in [2.24, 2.45) is 0 Å². The van der Waals surface area contributed by atoms with Crippen LogP contribution < -0.4 is 19.7 Å². The van der Waals surface area contributed by atoms with Gasteiger partial charge in [0.15, 0.2) is 17.3 Å². The van der Waals surface area contributed by atoms with Crippen LogP contribution in [0.5, 0.6) is 11.5 Å². The van der Waals surface area contributed by atoms with Crippen molar-refractivity contribution in [1.29, 1.82) is 0 Å². The third-order valence-electron chi connectivity index (χ3n) is 3.86. The molecule has 0 saturated carbocycles. The van der Waals surface area contributed by atoms with Gasteiger partial charge in [0.1, 0.15) is 0 Å². The average molecular weight is 333 g/mol. The Hall–Kier alpha value is -2.55. The number of carbonyl (C=O) groups excluding carboxylic acids is 1. The minimum Gasteiger partial charge on any atom is -0.454 e. The highest BCUT2D eigenvalue weighted by molar-refractivity contribution is 6.99. The lowest BCUT2D eigenvalue weighted by molar-refractivity contribution is 0.174. The summed E-state index contributed by atoms with van der Waals surface area (Å²) in [4.78, 5) is 16.3. The van der Waals surface area contributed by atoms with E-state index >= 15 is 0 Å². The minimum atomic E-state index is -0.111. The molecule has 9 heteroatoms. The van der Waals surface area contributed by atoms with E-state index in [2.05, 4.69) is 19.0 Å². The predicted molar refractivity (Wildman–Crippen MR) is 85.3 cm³/mol. The Balaban J connectivity index is 1.35. The Labute approximate surface area is 136 Å². The van der Waals surface area contributed by atoms with Crippen molar-refractivity contribution in [3.8, 4) is 11.5 Å². The number of anilines is 2. The number of benzene rings is 1. The molecule has 2 aromatic rings. The van der Waals surface area contributed by atoms with Crippen molar-refractivity contribution >= 4 is 29.3 Å². The van der Waals surface area contributed by atoms with Gasteiger partial charge in [0.05, 0.1) is 17.9 Å². The highest BCUT2D eigenvalue weighted by Crippen LogP contribution is 2.34. The van der Waals surface area contributed by atoms with Gasteiger partial charge in [0.25, 0.3) is 0 Å². The molecule has 0 atom stereocenters. The molecule has 3 heterocycles. The molecule has 0 aliphatic carbocycles. The first-order valence-corrected chi connectivity index (χ1v) is 8.01. The summed E-state index contributed by atoms with van der Waals surface area (Å²) >= 11 is 1.20. The van der Waals surface area contributed by atoms with E-state index in [1.165, 1.54) is 11.7 Å². The van der Waals surface area contributed by atoms with Gasteiger partial charge in [-0.1, -0.05) is 0 Å². The first-order valence-electron chi connectivity index (χ1n) is 7.28. The molecule has 1 aromatic heterocycles. The fourth-order valence-corrected chi connectivity index (χ4v) is 3.05. The molecule has 120 valence electrons. The van der Waals surface area contributed by atoms with Gasteiger partial charge in [-0.3, -0.25) is 0 Å². The smallest absolute Gasteiger partial charge is 0.321 e. The molecule has 0 spiro atoms. The van der Waals surface area contributed by atoms with Crippen molar-refractivity contribution in [1.82, 2.24) is 13.6 Å². The van der Waals surface area contributed by atoms with E-state index in [1.54, 1.807) is 23.2 Å². The van der Waals surface area contributed by atoms with Crippen molar-refractivity contribution in [3.63, 3.8) is 0 Å². The average Bonchev–Trinajstić information content (AvgIpc) is 3.26. The number of nitrogens with zero attached hydrogens (tertiary/aromatic N) is 4. The Kier molecular flexibility index (Phi) is 3.62. The molecule has 1 aromatic carbocycles. The first kappa shape index (κ1) is 14.1. The number of hydrogen-bond acceptors (Lipinski definition) is 7. The number of hydrogen-bond donors (Lipinski definition) is 1. The van der Waals surface area contributed by atoms with Gasteiger partial charge in [0, 0.05) is 37.9 Å². The fourth-order valence-electron chi connectivity index (χ4n) is 2.61. The van der Waals surface area contributed by atoms with E-state index in [-0.39, 0.29) is 12.8 Å². The van der Waals surface area contributed by atoms with Crippen LogP contribution in [0.15, 0.2) is 24.4 Å². The van der Waals surface area contributed by atoms with Gasteiger partial charge < -0.3 is 24.6 Å². The zero-order valence-corrected chi connectivity index (χ0v) is 13.1. The molecular weight excluding hydrogens is 318 g/mol.